The van der Waals surface area contributed by atoms with Gasteiger partial charge < -0.3 is 15.8 Å². The molecule has 0 unspecified atom stereocenters. The number of halogens is 1. The second-order valence-corrected chi connectivity index (χ2v) is 4.85. The van der Waals surface area contributed by atoms with Gasteiger partial charge in [0.25, 0.3) is 5.91 Å². The third-order valence-electron chi connectivity index (χ3n) is 3.56. The van der Waals surface area contributed by atoms with Crippen molar-refractivity contribution in [3.05, 3.63) is 29.6 Å². The van der Waals surface area contributed by atoms with Crippen molar-refractivity contribution >= 4 is 5.91 Å². The van der Waals surface area contributed by atoms with Crippen molar-refractivity contribution in [2.45, 2.75) is 37.8 Å². The predicted molar refractivity (Wildman–Crippen MR) is 70.6 cm³/mol. The van der Waals surface area contributed by atoms with Crippen LogP contribution in [0.4, 0.5) is 4.39 Å². The van der Waals surface area contributed by atoms with E-state index in [1.165, 1.54) is 19.2 Å². The highest BCUT2D eigenvalue weighted by atomic mass is 19.1. The van der Waals surface area contributed by atoms with E-state index in [4.69, 9.17) is 10.5 Å². The van der Waals surface area contributed by atoms with Gasteiger partial charge in [-0.2, -0.15) is 0 Å². The molecule has 0 spiro atoms. The average molecular weight is 266 g/mol. The van der Waals surface area contributed by atoms with Crippen molar-refractivity contribution in [2.75, 3.05) is 7.11 Å². The fourth-order valence-electron chi connectivity index (χ4n) is 2.47. The van der Waals surface area contributed by atoms with Gasteiger partial charge in [-0.25, -0.2) is 4.39 Å². The first-order valence-electron chi connectivity index (χ1n) is 6.52. The Morgan fingerprint density at radius 3 is 2.84 bits per heavy atom. The van der Waals surface area contributed by atoms with Crippen LogP contribution in [0.25, 0.3) is 0 Å². The lowest BCUT2D eigenvalue weighted by atomic mass is 9.91. The molecule has 3 N–H and O–H groups in total. The Morgan fingerprint density at radius 1 is 1.42 bits per heavy atom. The van der Waals surface area contributed by atoms with Crippen molar-refractivity contribution in [1.82, 2.24) is 5.32 Å². The summed E-state index contributed by atoms with van der Waals surface area (Å²) in [5, 5.41) is 2.82. The quantitative estimate of drug-likeness (QED) is 0.877. The molecule has 1 aromatic carbocycles. The monoisotopic (exact) mass is 266 g/mol. The molecule has 4 nitrogen and oxygen atoms in total. The second kappa shape index (κ2) is 6.02. The van der Waals surface area contributed by atoms with Crippen molar-refractivity contribution in [2.24, 2.45) is 5.73 Å². The van der Waals surface area contributed by atoms with Gasteiger partial charge in [-0.05, 0) is 25.0 Å². The van der Waals surface area contributed by atoms with E-state index in [0.29, 0.717) is 0 Å². The molecule has 2 rings (SSSR count). The largest absolute Gasteiger partial charge is 0.496 e. The van der Waals surface area contributed by atoms with E-state index < -0.39 is 11.7 Å². The molecule has 1 aromatic rings. The van der Waals surface area contributed by atoms with Crippen LogP contribution in [0.3, 0.4) is 0 Å². The van der Waals surface area contributed by atoms with Gasteiger partial charge in [0.2, 0.25) is 0 Å². The molecule has 0 aliphatic heterocycles. The van der Waals surface area contributed by atoms with Crippen LogP contribution < -0.4 is 15.8 Å². The first-order chi connectivity index (χ1) is 9.13. The van der Waals surface area contributed by atoms with Crippen LogP contribution in [0.15, 0.2) is 18.2 Å². The molecule has 1 aliphatic rings. The molecule has 1 fully saturated rings. The number of nitrogens with two attached hydrogens (primary N) is 1. The van der Waals surface area contributed by atoms with Gasteiger partial charge in [-0.3, -0.25) is 4.79 Å². The third kappa shape index (κ3) is 3.04. The number of rotatable bonds is 3. The lowest BCUT2D eigenvalue weighted by Gasteiger charge is -2.29. The number of hydrogen-bond donors (Lipinski definition) is 2. The van der Waals surface area contributed by atoms with E-state index in [1.54, 1.807) is 6.07 Å². The highest BCUT2D eigenvalue weighted by Gasteiger charge is 2.26. The summed E-state index contributed by atoms with van der Waals surface area (Å²) in [5.41, 5.74) is 5.92. The summed E-state index contributed by atoms with van der Waals surface area (Å²) in [6, 6.07) is 4.18. The molecule has 2 atom stereocenters. The van der Waals surface area contributed by atoms with Crippen molar-refractivity contribution in [1.29, 1.82) is 0 Å². The molecule has 0 bridgehead atoms. The summed E-state index contributed by atoms with van der Waals surface area (Å²) >= 11 is 0. The molecule has 0 heterocycles. The first-order valence-corrected chi connectivity index (χ1v) is 6.52. The molecule has 5 heteroatoms. The number of nitrogens with one attached hydrogen (secondary N) is 1. The van der Waals surface area contributed by atoms with E-state index in [9.17, 15) is 9.18 Å². The van der Waals surface area contributed by atoms with Gasteiger partial charge >= 0.3 is 0 Å². The molecule has 19 heavy (non-hydrogen) atoms. The first kappa shape index (κ1) is 13.8. The normalized spacial score (nSPS) is 22.9. The van der Waals surface area contributed by atoms with Crippen LogP contribution in [-0.4, -0.2) is 25.1 Å². The van der Waals surface area contributed by atoms with E-state index in [-0.39, 0.29) is 23.4 Å². The maximum absolute atomic E-state index is 13.8. The van der Waals surface area contributed by atoms with Gasteiger partial charge in [-0.15, -0.1) is 0 Å². The standard InChI is InChI=1S/C14H19FN2O2/c1-19-12-8-4-5-9(15)13(12)14(18)17-11-7-3-2-6-10(11)16/h4-5,8,10-11H,2-3,6-7,16H2,1H3,(H,17,18)/t10-,11-/m1/s1. The fraction of sp³-hybridized carbons (Fsp3) is 0.500. The Bertz CT molecular complexity index is 465. The van der Waals surface area contributed by atoms with Gasteiger partial charge in [0.05, 0.1) is 7.11 Å². The zero-order valence-corrected chi connectivity index (χ0v) is 11.0. The Kier molecular flexibility index (Phi) is 4.37. The van der Waals surface area contributed by atoms with Crippen LogP contribution >= 0.6 is 0 Å². The lowest BCUT2D eigenvalue weighted by molar-refractivity contribution is 0.0914. The number of amides is 1. The van der Waals surface area contributed by atoms with Gasteiger partial charge in [0.1, 0.15) is 17.1 Å². The van der Waals surface area contributed by atoms with Crippen LogP contribution in [0.1, 0.15) is 36.0 Å². The molecule has 104 valence electrons. The number of hydrogen-bond acceptors (Lipinski definition) is 3. The maximum atomic E-state index is 13.8. The minimum absolute atomic E-state index is 0.0530. The number of benzene rings is 1. The Hall–Kier alpha value is -1.62. The minimum atomic E-state index is -0.582. The van der Waals surface area contributed by atoms with Gasteiger partial charge in [0, 0.05) is 12.1 Å². The summed E-state index contributed by atoms with van der Waals surface area (Å²) in [6.07, 6.45) is 3.84. The van der Waals surface area contributed by atoms with E-state index in [2.05, 4.69) is 5.32 Å². The summed E-state index contributed by atoms with van der Waals surface area (Å²) in [7, 11) is 1.41. The minimum Gasteiger partial charge on any atom is -0.496 e. The molecule has 1 aliphatic carbocycles. The predicted octanol–water partition coefficient (Wildman–Crippen LogP) is 1.83. The number of ether oxygens (including phenoxy) is 1. The smallest absolute Gasteiger partial charge is 0.258 e. The van der Waals surface area contributed by atoms with E-state index in [1.807, 2.05) is 0 Å². The lowest BCUT2D eigenvalue weighted by Crippen LogP contribution is -2.49. The molecule has 0 saturated heterocycles. The van der Waals surface area contributed by atoms with Gasteiger partial charge in [-0.1, -0.05) is 18.9 Å². The van der Waals surface area contributed by atoms with Crippen LogP contribution in [0, 0.1) is 5.82 Å². The molecule has 1 saturated carbocycles. The second-order valence-electron chi connectivity index (χ2n) is 4.85. The zero-order valence-electron chi connectivity index (χ0n) is 11.0. The van der Waals surface area contributed by atoms with Crippen molar-refractivity contribution < 1.29 is 13.9 Å². The average Bonchev–Trinajstić information content (AvgIpc) is 2.40. The highest BCUT2D eigenvalue weighted by Crippen LogP contribution is 2.22. The summed E-state index contributed by atoms with van der Waals surface area (Å²) in [4.78, 5) is 12.2. The molecule has 0 radical (unpaired) electrons. The molecule has 0 aromatic heterocycles. The maximum Gasteiger partial charge on any atom is 0.258 e. The SMILES string of the molecule is COc1cccc(F)c1C(=O)N[C@@H]1CCCC[C@H]1N. The number of methoxy groups -OCH3 is 1. The number of carbonyl (C=O) groups is 1. The van der Waals surface area contributed by atoms with Crippen LogP contribution in [0.5, 0.6) is 5.75 Å². The molecule has 1 amide bonds. The van der Waals surface area contributed by atoms with Crippen LogP contribution in [0.2, 0.25) is 0 Å². The summed E-state index contributed by atoms with van der Waals surface area (Å²) < 4.78 is 18.8. The third-order valence-corrected chi connectivity index (χ3v) is 3.56. The highest BCUT2D eigenvalue weighted by molar-refractivity contribution is 5.97. The van der Waals surface area contributed by atoms with Crippen LogP contribution in [-0.2, 0) is 0 Å². The Morgan fingerprint density at radius 2 is 2.16 bits per heavy atom. The van der Waals surface area contributed by atoms with Crippen molar-refractivity contribution in [3.8, 4) is 5.75 Å². The molecular weight excluding hydrogens is 247 g/mol. The zero-order chi connectivity index (χ0) is 13.8. The number of carbonyl (C=O) groups excluding carboxylic acids is 1. The topological polar surface area (TPSA) is 64.3 Å². The van der Waals surface area contributed by atoms with Crippen molar-refractivity contribution in [3.63, 3.8) is 0 Å². The Balaban J connectivity index is 2.15. The molecular formula is C14H19FN2O2. The van der Waals surface area contributed by atoms with E-state index >= 15 is 0 Å². The summed E-state index contributed by atoms with van der Waals surface area (Å²) in [6.45, 7) is 0. The fourth-order valence-corrected chi connectivity index (χ4v) is 2.47. The van der Waals surface area contributed by atoms with Gasteiger partial charge in [0.15, 0.2) is 0 Å². The Labute approximate surface area is 112 Å². The summed E-state index contributed by atoms with van der Waals surface area (Å²) in [5.74, 6) is -0.805. The van der Waals surface area contributed by atoms with E-state index in [0.717, 1.165) is 25.7 Å².